The van der Waals surface area contributed by atoms with Crippen molar-refractivity contribution in [1.29, 1.82) is 0 Å². The van der Waals surface area contributed by atoms with Gasteiger partial charge in [-0.2, -0.15) is 0 Å². The molecular formula is C14H21NO. The maximum absolute atomic E-state index is 12.1. The van der Waals surface area contributed by atoms with Gasteiger partial charge in [0.2, 0.25) is 5.91 Å². The van der Waals surface area contributed by atoms with Gasteiger partial charge >= 0.3 is 0 Å². The molecule has 0 bridgehead atoms. The van der Waals surface area contributed by atoms with Gasteiger partial charge in [0.05, 0.1) is 5.41 Å². The van der Waals surface area contributed by atoms with Crippen molar-refractivity contribution in [2.24, 2.45) is 5.41 Å². The van der Waals surface area contributed by atoms with Crippen molar-refractivity contribution in [3.63, 3.8) is 0 Å². The normalized spacial score (nSPS) is 13.3. The Morgan fingerprint density at radius 1 is 1.19 bits per heavy atom. The largest absolute Gasteiger partial charge is 0.348 e. The number of carbonyl (C=O) groups excluding carboxylic acids is 1. The lowest BCUT2D eigenvalue weighted by atomic mass is 9.75. The Morgan fingerprint density at radius 2 is 1.69 bits per heavy atom. The summed E-state index contributed by atoms with van der Waals surface area (Å²) in [5.74, 6) is 0.382. The van der Waals surface area contributed by atoms with Gasteiger partial charge in [0.25, 0.3) is 0 Å². The summed E-state index contributed by atoms with van der Waals surface area (Å²) in [5, 5.41) is 0. The van der Waals surface area contributed by atoms with Gasteiger partial charge in [0, 0.05) is 14.1 Å². The summed E-state index contributed by atoms with van der Waals surface area (Å²) in [4.78, 5) is 13.8. The molecule has 0 fully saturated rings. The quantitative estimate of drug-likeness (QED) is 0.765. The number of amides is 1. The van der Waals surface area contributed by atoms with Crippen LogP contribution in [0.4, 0.5) is 0 Å². The molecule has 0 aliphatic carbocycles. The van der Waals surface area contributed by atoms with Crippen LogP contribution in [0.2, 0.25) is 0 Å². The summed E-state index contributed by atoms with van der Waals surface area (Å²) in [6.07, 6.45) is 0. The first-order valence-electron chi connectivity index (χ1n) is 5.64. The van der Waals surface area contributed by atoms with E-state index < -0.39 is 0 Å². The third-order valence-electron chi connectivity index (χ3n) is 3.34. The second-order valence-electron chi connectivity index (χ2n) is 5.05. The van der Waals surface area contributed by atoms with Crippen molar-refractivity contribution in [3.8, 4) is 0 Å². The maximum Gasteiger partial charge on any atom is 0.228 e. The van der Waals surface area contributed by atoms with E-state index in [0.29, 0.717) is 0 Å². The average Bonchev–Trinajstić information content (AvgIpc) is 2.28. The van der Waals surface area contributed by atoms with Crippen LogP contribution in [0, 0.1) is 5.41 Å². The van der Waals surface area contributed by atoms with E-state index in [2.05, 4.69) is 19.1 Å². The Bertz CT molecular complexity index is 354. The number of nitrogens with zero attached hydrogens (tertiary/aromatic N) is 1. The molecular weight excluding hydrogens is 198 g/mol. The first-order chi connectivity index (χ1) is 7.37. The van der Waals surface area contributed by atoms with Crippen LogP contribution in [0.25, 0.3) is 0 Å². The molecule has 0 saturated heterocycles. The summed E-state index contributed by atoms with van der Waals surface area (Å²) in [6, 6.07) is 10.2. The van der Waals surface area contributed by atoms with Gasteiger partial charge in [-0.3, -0.25) is 4.79 Å². The Morgan fingerprint density at radius 3 is 2.12 bits per heavy atom. The van der Waals surface area contributed by atoms with E-state index in [9.17, 15) is 4.79 Å². The first kappa shape index (κ1) is 12.8. The van der Waals surface area contributed by atoms with Crippen molar-refractivity contribution < 1.29 is 4.79 Å². The van der Waals surface area contributed by atoms with Crippen LogP contribution in [0.1, 0.15) is 32.3 Å². The van der Waals surface area contributed by atoms with Crippen LogP contribution in [-0.2, 0) is 4.79 Å². The second-order valence-corrected chi connectivity index (χ2v) is 5.05. The molecule has 2 heteroatoms. The van der Waals surface area contributed by atoms with Crippen molar-refractivity contribution in [1.82, 2.24) is 4.90 Å². The predicted octanol–water partition coefficient (Wildman–Crippen LogP) is 2.90. The van der Waals surface area contributed by atoms with E-state index in [1.807, 2.05) is 46.1 Å². The third kappa shape index (κ3) is 2.43. The van der Waals surface area contributed by atoms with E-state index in [1.54, 1.807) is 4.90 Å². The van der Waals surface area contributed by atoms with Crippen LogP contribution in [-0.4, -0.2) is 24.9 Å². The number of benzene rings is 1. The van der Waals surface area contributed by atoms with Gasteiger partial charge in [-0.05, 0) is 11.5 Å². The van der Waals surface area contributed by atoms with E-state index >= 15 is 0 Å². The highest BCUT2D eigenvalue weighted by Gasteiger charge is 2.35. The Balaban J connectivity index is 2.97. The monoisotopic (exact) mass is 219 g/mol. The second kappa shape index (κ2) is 4.69. The van der Waals surface area contributed by atoms with Crippen LogP contribution < -0.4 is 0 Å². The first-order valence-corrected chi connectivity index (χ1v) is 5.64. The summed E-state index contributed by atoms with van der Waals surface area (Å²) in [7, 11) is 3.61. The van der Waals surface area contributed by atoms with E-state index in [1.165, 1.54) is 5.56 Å². The zero-order chi connectivity index (χ0) is 12.3. The van der Waals surface area contributed by atoms with Crippen molar-refractivity contribution in [3.05, 3.63) is 35.9 Å². The highest BCUT2D eigenvalue weighted by molar-refractivity contribution is 5.82. The summed E-state index contributed by atoms with van der Waals surface area (Å²) in [5.41, 5.74) is 0.841. The van der Waals surface area contributed by atoms with E-state index in [0.717, 1.165) is 0 Å². The Hall–Kier alpha value is -1.31. The molecule has 0 saturated carbocycles. The van der Waals surface area contributed by atoms with Gasteiger partial charge in [0.15, 0.2) is 0 Å². The molecule has 0 aliphatic rings. The zero-order valence-electron chi connectivity index (χ0n) is 10.8. The van der Waals surface area contributed by atoms with Crippen molar-refractivity contribution in [2.75, 3.05) is 14.1 Å². The molecule has 2 nitrogen and oxygen atoms in total. The fraction of sp³-hybridized carbons (Fsp3) is 0.500. The summed E-state index contributed by atoms with van der Waals surface area (Å²) in [6.45, 7) is 6.12. The van der Waals surface area contributed by atoms with Crippen molar-refractivity contribution >= 4 is 5.91 Å². The lowest BCUT2D eigenvalue weighted by molar-refractivity contribution is -0.138. The standard InChI is InChI=1S/C14H21NO/c1-11(12-9-7-6-8-10-12)14(2,3)13(16)15(4)5/h6-11H,1-5H3. The number of hydrogen-bond acceptors (Lipinski definition) is 1. The molecule has 0 spiro atoms. The van der Waals surface area contributed by atoms with Gasteiger partial charge < -0.3 is 4.90 Å². The van der Waals surface area contributed by atoms with Gasteiger partial charge in [-0.1, -0.05) is 51.1 Å². The molecule has 0 aliphatic heterocycles. The maximum atomic E-state index is 12.1. The third-order valence-corrected chi connectivity index (χ3v) is 3.34. The minimum absolute atomic E-state index is 0.170. The molecule has 1 aromatic carbocycles. The van der Waals surface area contributed by atoms with E-state index in [-0.39, 0.29) is 17.2 Å². The van der Waals surface area contributed by atoms with Gasteiger partial charge in [-0.15, -0.1) is 0 Å². The molecule has 0 radical (unpaired) electrons. The van der Waals surface area contributed by atoms with Gasteiger partial charge in [0.1, 0.15) is 0 Å². The topological polar surface area (TPSA) is 20.3 Å². The summed E-state index contributed by atoms with van der Waals surface area (Å²) < 4.78 is 0. The van der Waals surface area contributed by atoms with Gasteiger partial charge in [-0.25, -0.2) is 0 Å². The fourth-order valence-corrected chi connectivity index (χ4v) is 1.92. The highest BCUT2D eigenvalue weighted by atomic mass is 16.2. The molecule has 1 unspecified atom stereocenters. The summed E-state index contributed by atoms with van der Waals surface area (Å²) >= 11 is 0. The number of hydrogen-bond donors (Lipinski definition) is 0. The van der Waals surface area contributed by atoms with Crippen LogP contribution in [0.15, 0.2) is 30.3 Å². The zero-order valence-corrected chi connectivity index (χ0v) is 10.8. The smallest absolute Gasteiger partial charge is 0.228 e. The molecule has 88 valence electrons. The Kier molecular flexibility index (Phi) is 3.74. The molecule has 1 amide bonds. The molecule has 0 heterocycles. The predicted molar refractivity (Wildman–Crippen MR) is 67.3 cm³/mol. The molecule has 16 heavy (non-hydrogen) atoms. The van der Waals surface area contributed by atoms with Crippen LogP contribution >= 0.6 is 0 Å². The molecule has 1 atom stereocenters. The number of carbonyl (C=O) groups is 1. The van der Waals surface area contributed by atoms with Crippen molar-refractivity contribution in [2.45, 2.75) is 26.7 Å². The SMILES string of the molecule is CC(c1ccccc1)C(C)(C)C(=O)N(C)C. The minimum atomic E-state index is -0.370. The fourth-order valence-electron chi connectivity index (χ4n) is 1.92. The highest BCUT2D eigenvalue weighted by Crippen LogP contribution is 2.36. The number of rotatable bonds is 3. The molecule has 0 N–H and O–H groups in total. The molecule has 1 aromatic rings. The Labute approximate surface area is 98.3 Å². The lowest BCUT2D eigenvalue weighted by Gasteiger charge is -2.33. The molecule has 1 rings (SSSR count). The average molecular weight is 219 g/mol. The molecule has 0 aromatic heterocycles. The van der Waals surface area contributed by atoms with E-state index in [4.69, 9.17) is 0 Å². The van der Waals surface area contributed by atoms with Crippen LogP contribution in [0.3, 0.4) is 0 Å². The van der Waals surface area contributed by atoms with Crippen LogP contribution in [0.5, 0.6) is 0 Å². The lowest BCUT2D eigenvalue weighted by Crippen LogP contribution is -2.39. The minimum Gasteiger partial charge on any atom is -0.348 e.